The lowest BCUT2D eigenvalue weighted by molar-refractivity contribution is -0.0704. The summed E-state index contributed by atoms with van der Waals surface area (Å²) in [5, 5.41) is 0.856. The highest BCUT2D eigenvalue weighted by atomic mass is 35.5. The standard InChI is InChI=1S/C13H18ClNO/c1-10-7-15(8-11(2)16-10)9-12-5-3-4-6-13(12)14/h3-6,10-11H,7-9H2,1-2H3/t10-,11+. The van der Waals surface area contributed by atoms with Gasteiger partial charge in [-0.3, -0.25) is 4.90 Å². The Morgan fingerprint density at radius 1 is 1.25 bits per heavy atom. The Bertz CT molecular complexity index is 346. The lowest BCUT2D eigenvalue weighted by atomic mass is 10.1. The fraction of sp³-hybridized carbons (Fsp3) is 0.538. The molecule has 1 aromatic carbocycles. The third-order valence-electron chi connectivity index (χ3n) is 2.85. The van der Waals surface area contributed by atoms with Crippen LogP contribution in [-0.2, 0) is 11.3 Å². The molecule has 16 heavy (non-hydrogen) atoms. The van der Waals surface area contributed by atoms with Gasteiger partial charge in [0, 0.05) is 24.7 Å². The molecule has 1 aromatic rings. The van der Waals surface area contributed by atoms with E-state index in [-0.39, 0.29) is 0 Å². The van der Waals surface area contributed by atoms with Crippen LogP contribution >= 0.6 is 11.6 Å². The van der Waals surface area contributed by atoms with E-state index in [1.54, 1.807) is 0 Å². The lowest BCUT2D eigenvalue weighted by Crippen LogP contribution is -2.44. The summed E-state index contributed by atoms with van der Waals surface area (Å²) in [6.07, 6.45) is 0.623. The first kappa shape index (κ1) is 11.9. The van der Waals surface area contributed by atoms with E-state index < -0.39 is 0 Å². The second kappa shape index (κ2) is 5.17. The SMILES string of the molecule is C[C@@H]1CN(Cc2ccccc2Cl)C[C@H](C)O1. The molecule has 0 saturated carbocycles. The van der Waals surface area contributed by atoms with Crippen LogP contribution in [0, 0.1) is 0 Å². The normalized spacial score (nSPS) is 26.9. The van der Waals surface area contributed by atoms with Gasteiger partial charge in [-0.15, -0.1) is 0 Å². The molecule has 0 spiro atoms. The quantitative estimate of drug-likeness (QED) is 0.787. The number of hydrogen-bond donors (Lipinski definition) is 0. The van der Waals surface area contributed by atoms with Gasteiger partial charge in [0.05, 0.1) is 12.2 Å². The number of morpholine rings is 1. The molecular formula is C13H18ClNO. The molecule has 0 aromatic heterocycles. The smallest absolute Gasteiger partial charge is 0.0678 e. The molecule has 0 amide bonds. The van der Waals surface area contributed by atoms with Crippen molar-refractivity contribution in [3.8, 4) is 0 Å². The minimum Gasteiger partial charge on any atom is -0.373 e. The topological polar surface area (TPSA) is 12.5 Å². The Morgan fingerprint density at radius 3 is 2.50 bits per heavy atom. The molecule has 1 aliphatic rings. The van der Waals surface area contributed by atoms with Crippen molar-refractivity contribution in [1.29, 1.82) is 0 Å². The number of rotatable bonds is 2. The van der Waals surface area contributed by atoms with Gasteiger partial charge in [0.15, 0.2) is 0 Å². The zero-order valence-electron chi connectivity index (χ0n) is 9.82. The molecule has 0 bridgehead atoms. The van der Waals surface area contributed by atoms with Crippen LogP contribution in [0.3, 0.4) is 0 Å². The van der Waals surface area contributed by atoms with Crippen LogP contribution in [0.4, 0.5) is 0 Å². The molecule has 0 unspecified atom stereocenters. The van der Waals surface area contributed by atoms with Crippen LogP contribution < -0.4 is 0 Å². The van der Waals surface area contributed by atoms with Crippen molar-refractivity contribution >= 4 is 11.6 Å². The van der Waals surface area contributed by atoms with Gasteiger partial charge in [-0.25, -0.2) is 0 Å². The van der Waals surface area contributed by atoms with E-state index in [9.17, 15) is 0 Å². The van der Waals surface area contributed by atoms with Gasteiger partial charge < -0.3 is 4.74 Å². The summed E-state index contributed by atoms with van der Waals surface area (Å²) in [6.45, 7) is 7.12. The lowest BCUT2D eigenvalue weighted by Gasteiger charge is -2.35. The van der Waals surface area contributed by atoms with E-state index in [4.69, 9.17) is 16.3 Å². The Morgan fingerprint density at radius 2 is 1.88 bits per heavy atom. The summed E-state index contributed by atoms with van der Waals surface area (Å²) >= 11 is 6.16. The fourth-order valence-corrected chi connectivity index (χ4v) is 2.48. The van der Waals surface area contributed by atoms with Crippen molar-refractivity contribution in [3.05, 3.63) is 34.9 Å². The van der Waals surface area contributed by atoms with Gasteiger partial charge in [0.1, 0.15) is 0 Å². The van der Waals surface area contributed by atoms with Gasteiger partial charge >= 0.3 is 0 Å². The third-order valence-corrected chi connectivity index (χ3v) is 3.22. The average molecular weight is 240 g/mol. The maximum Gasteiger partial charge on any atom is 0.0678 e. The predicted molar refractivity (Wildman–Crippen MR) is 66.7 cm³/mol. The van der Waals surface area contributed by atoms with Gasteiger partial charge in [-0.1, -0.05) is 29.8 Å². The van der Waals surface area contributed by atoms with E-state index in [0.29, 0.717) is 12.2 Å². The molecule has 2 rings (SSSR count). The summed E-state index contributed by atoms with van der Waals surface area (Å²) < 4.78 is 5.71. The largest absolute Gasteiger partial charge is 0.373 e. The molecule has 3 heteroatoms. The van der Waals surface area contributed by atoms with Crippen LogP contribution in [0.25, 0.3) is 0 Å². The molecule has 0 aliphatic carbocycles. The molecule has 1 heterocycles. The molecule has 1 aliphatic heterocycles. The Kier molecular flexibility index (Phi) is 3.85. The second-order valence-electron chi connectivity index (χ2n) is 4.54. The monoisotopic (exact) mass is 239 g/mol. The van der Waals surface area contributed by atoms with Gasteiger partial charge in [0.2, 0.25) is 0 Å². The Labute approximate surface area is 102 Å². The van der Waals surface area contributed by atoms with Crippen LogP contribution in [0.2, 0.25) is 5.02 Å². The average Bonchev–Trinajstić information content (AvgIpc) is 2.20. The Balaban J connectivity index is 2.02. The molecule has 88 valence electrons. The summed E-state index contributed by atoms with van der Waals surface area (Å²) in [7, 11) is 0. The van der Waals surface area contributed by atoms with Crippen LogP contribution in [0.1, 0.15) is 19.4 Å². The third kappa shape index (κ3) is 2.97. The second-order valence-corrected chi connectivity index (χ2v) is 4.95. The summed E-state index contributed by atoms with van der Waals surface area (Å²) in [5.41, 5.74) is 1.20. The molecular weight excluding hydrogens is 222 g/mol. The summed E-state index contributed by atoms with van der Waals surface area (Å²) in [5.74, 6) is 0. The molecule has 0 N–H and O–H groups in total. The van der Waals surface area contributed by atoms with Crippen LogP contribution in [-0.4, -0.2) is 30.2 Å². The van der Waals surface area contributed by atoms with E-state index in [1.165, 1.54) is 5.56 Å². The predicted octanol–water partition coefficient (Wildman–Crippen LogP) is 2.95. The molecule has 2 nitrogen and oxygen atoms in total. The number of halogens is 1. The van der Waals surface area contributed by atoms with Crippen molar-refractivity contribution in [1.82, 2.24) is 4.90 Å². The first-order valence-corrected chi connectivity index (χ1v) is 6.14. The van der Waals surface area contributed by atoms with Crippen molar-refractivity contribution in [2.45, 2.75) is 32.6 Å². The van der Waals surface area contributed by atoms with Crippen molar-refractivity contribution in [2.75, 3.05) is 13.1 Å². The highest BCUT2D eigenvalue weighted by molar-refractivity contribution is 6.31. The summed E-state index contributed by atoms with van der Waals surface area (Å²) in [4.78, 5) is 2.40. The highest BCUT2D eigenvalue weighted by Gasteiger charge is 2.22. The molecule has 0 radical (unpaired) electrons. The van der Waals surface area contributed by atoms with Crippen molar-refractivity contribution in [3.63, 3.8) is 0 Å². The molecule has 2 atom stereocenters. The maximum absolute atomic E-state index is 6.16. The van der Waals surface area contributed by atoms with Crippen molar-refractivity contribution < 1.29 is 4.74 Å². The number of benzene rings is 1. The first-order valence-electron chi connectivity index (χ1n) is 5.76. The first-order chi connectivity index (χ1) is 7.65. The highest BCUT2D eigenvalue weighted by Crippen LogP contribution is 2.19. The zero-order chi connectivity index (χ0) is 11.5. The molecule has 1 fully saturated rings. The molecule has 1 saturated heterocycles. The van der Waals surface area contributed by atoms with E-state index >= 15 is 0 Å². The fourth-order valence-electron chi connectivity index (χ4n) is 2.28. The van der Waals surface area contributed by atoms with E-state index in [2.05, 4.69) is 24.8 Å². The number of nitrogens with zero attached hydrogens (tertiary/aromatic N) is 1. The van der Waals surface area contributed by atoms with Crippen LogP contribution in [0.15, 0.2) is 24.3 Å². The minimum atomic E-state index is 0.311. The minimum absolute atomic E-state index is 0.311. The zero-order valence-corrected chi connectivity index (χ0v) is 10.6. The van der Waals surface area contributed by atoms with Gasteiger partial charge in [0.25, 0.3) is 0 Å². The van der Waals surface area contributed by atoms with Crippen molar-refractivity contribution in [2.24, 2.45) is 0 Å². The number of hydrogen-bond acceptors (Lipinski definition) is 2. The van der Waals surface area contributed by atoms with Gasteiger partial charge in [-0.2, -0.15) is 0 Å². The maximum atomic E-state index is 6.16. The van der Waals surface area contributed by atoms with Crippen LogP contribution in [0.5, 0.6) is 0 Å². The van der Waals surface area contributed by atoms with E-state index in [0.717, 1.165) is 24.7 Å². The Hall–Kier alpha value is -0.570. The van der Waals surface area contributed by atoms with Gasteiger partial charge in [-0.05, 0) is 25.5 Å². The summed E-state index contributed by atoms with van der Waals surface area (Å²) in [6, 6.07) is 8.04. The number of ether oxygens (including phenoxy) is 1. The van der Waals surface area contributed by atoms with E-state index in [1.807, 2.05) is 18.2 Å².